The van der Waals surface area contributed by atoms with Crippen molar-refractivity contribution in [3.8, 4) is 34.3 Å². The number of hydrogen-bond acceptors (Lipinski definition) is 9. The molecule has 0 radical (unpaired) electrons. The number of ether oxygens (including phenoxy) is 3. The molecule has 1 aromatic heterocycles. The smallest absolute Gasteiger partial charge is 0.234 e. The average Bonchev–Trinajstić information content (AvgIpc) is 2.83. The van der Waals surface area contributed by atoms with E-state index in [0.717, 1.165) is 0 Å². The van der Waals surface area contributed by atoms with Crippen LogP contribution in [0, 0.1) is 0 Å². The van der Waals surface area contributed by atoms with Crippen molar-refractivity contribution in [1.82, 2.24) is 10.2 Å². The number of amides is 1. The summed E-state index contributed by atoms with van der Waals surface area (Å²) in [5.74, 6) is 1.02. The van der Waals surface area contributed by atoms with Gasteiger partial charge in [-0.3, -0.25) is 14.5 Å². The molecule has 0 aliphatic carbocycles. The zero-order valence-corrected chi connectivity index (χ0v) is 18.9. The highest BCUT2D eigenvalue weighted by Crippen LogP contribution is 2.37. The van der Waals surface area contributed by atoms with Gasteiger partial charge in [-0.05, 0) is 18.2 Å². The summed E-state index contributed by atoms with van der Waals surface area (Å²) in [7, 11) is 3.03. The summed E-state index contributed by atoms with van der Waals surface area (Å²) >= 11 is 0. The number of carbonyl (C=O) groups excluding carboxylic acids is 1. The van der Waals surface area contributed by atoms with Gasteiger partial charge in [0.1, 0.15) is 34.8 Å². The second-order valence-electron chi connectivity index (χ2n) is 7.75. The Morgan fingerprint density at radius 1 is 1.09 bits per heavy atom. The minimum atomic E-state index is -0.528. The van der Waals surface area contributed by atoms with Crippen molar-refractivity contribution in [2.75, 3.05) is 47.0 Å². The number of aliphatic hydroxyl groups is 1. The third kappa shape index (κ3) is 4.63. The first kappa shape index (κ1) is 23.4. The molecule has 2 heterocycles. The van der Waals surface area contributed by atoms with Crippen molar-refractivity contribution in [1.29, 1.82) is 0 Å². The van der Waals surface area contributed by atoms with E-state index in [2.05, 4.69) is 5.32 Å². The molecule has 2 aromatic carbocycles. The minimum Gasteiger partial charge on any atom is -0.507 e. The van der Waals surface area contributed by atoms with E-state index in [1.54, 1.807) is 18.2 Å². The second-order valence-corrected chi connectivity index (χ2v) is 7.75. The molecule has 180 valence electrons. The highest BCUT2D eigenvalue weighted by molar-refractivity contribution is 5.88. The molecule has 0 atom stereocenters. The molecule has 1 saturated heterocycles. The van der Waals surface area contributed by atoms with E-state index in [-0.39, 0.29) is 52.9 Å². The number of methoxy groups -OCH3 is 2. The number of fused-ring (bicyclic) bond motifs is 1. The number of aliphatic hydroxyl groups excluding tert-OH is 1. The molecule has 0 bridgehead atoms. The van der Waals surface area contributed by atoms with Gasteiger partial charge in [-0.25, -0.2) is 0 Å². The zero-order chi connectivity index (χ0) is 24.2. The van der Waals surface area contributed by atoms with Crippen LogP contribution in [0.15, 0.2) is 39.5 Å². The van der Waals surface area contributed by atoms with Crippen LogP contribution in [0.3, 0.4) is 0 Å². The molecule has 1 fully saturated rings. The number of carbonyl (C=O) groups is 1. The number of phenols is 1. The maximum Gasteiger partial charge on any atom is 0.234 e. The van der Waals surface area contributed by atoms with Crippen LogP contribution in [0.25, 0.3) is 22.3 Å². The first-order valence-electron chi connectivity index (χ1n) is 10.7. The van der Waals surface area contributed by atoms with Gasteiger partial charge in [-0.1, -0.05) is 0 Å². The largest absolute Gasteiger partial charge is 0.507 e. The molecule has 34 heavy (non-hydrogen) atoms. The summed E-state index contributed by atoms with van der Waals surface area (Å²) in [6.45, 7) is 1.72. The predicted molar refractivity (Wildman–Crippen MR) is 124 cm³/mol. The second kappa shape index (κ2) is 10.0. The van der Waals surface area contributed by atoms with E-state index >= 15 is 0 Å². The molecule has 0 spiro atoms. The standard InChI is InChI=1S/C24H26N2O8/c1-31-17-4-3-14(9-20(17)32-2)18-10-16(28)23-21(34-18)11-19(15(13-27)24(23)30)33-8-7-26-6-5-25-22(29)12-26/h3-4,9-11,27,30H,5-8,12-13H2,1-2H3,(H,25,29). The lowest BCUT2D eigenvalue weighted by Crippen LogP contribution is -2.48. The Bertz CT molecular complexity index is 1270. The third-order valence-corrected chi connectivity index (χ3v) is 5.67. The monoisotopic (exact) mass is 470 g/mol. The fraction of sp³-hybridized carbons (Fsp3) is 0.333. The third-order valence-electron chi connectivity index (χ3n) is 5.67. The topological polar surface area (TPSA) is 131 Å². The first-order valence-corrected chi connectivity index (χ1v) is 10.7. The Hall–Kier alpha value is -3.76. The van der Waals surface area contributed by atoms with Gasteiger partial charge in [-0.15, -0.1) is 0 Å². The van der Waals surface area contributed by atoms with E-state index in [4.69, 9.17) is 18.6 Å². The Morgan fingerprint density at radius 3 is 2.59 bits per heavy atom. The molecular formula is C24H26N2O8. The molecular weight excluding hydrogens is 444 g/mol. The lowest BCUT2D eigenvalue weighted by molar-refractivity contribution is -0.124. The molecule has 3 aromatic rings. The van der Waals surface area contributed by atoms with Crippen molar-refractivity contribution < 1.29 is 33.6 Å². The fourth-order valence-electron chi connectivity index (χ4n) is 3.90. The van der Waals surface area contributed by atoms with Crippen LogP contribution in [-0.2, 0) is 11.4 Å². The molecule has 3 N–H and O–H groups in total. The molecule has 10 nitrogen and oxygen atoms in total. The number of nitrogens with zero attached hydrogens (tertiary/aromatic N) is 1. The summed E-state index contributed by atoms with van der Waals surface area (Å²) in [4.78, 5) is 26.3. The molecule has 1 amide bonds. The fourth-order valence-corrected chi connectivity index (χ4v) is 3.90. The van der Waals surface area contributed by atoms with E-state index in [9.17, 15) is 19.8 Å². The normalized spacial score (nSPS) is 14.1. The number of nitrogens with one attached hydrogen (secondary N) is 1. The van der Waals surface area contributed by atoms with Crippen molar-refractivity contribution in [2.45, 2.75) is 6.61 Å². The van der Waals surface area contributed by atoms with Gasteiger partial charge in [0.25, 0.3) is 0 Å². The number of aromatic hydroxyl groups is 1. The highest BCUT2D eigenvalue weighted by atomic mass is 16.5. The Kier molecular flexibility index (Phi) is 6.90. The summed E-state index contributed by atoms with van der Waals surface area (Å²) < 4.78 is 22.3. The zero-order valence-electron chi connectivity index (χ0n) is 18.9. The summed E-state index contributed by atoms with van der Waals surface area (Å²) in [6, 6.07) is 7.85. The van der Waals surface area contributed by atoms with Crippen molar-refractivity contribution >= 4 is 16.9 Å². The number of hydrogen-bond donors (Lipinski definition) is 3. The molecule has 0 unspecified atom stereocenters. The maximum absolute atomic E-state index is 12.9. The van der Waals surface area contributed by atoms with Gasteiger partial charge >= 0.3 is 0 Å². The SMILES string of the molecule is COc1ccc(-c2cc(=O)c3c(O)c(CO)c(OCCN4CCNC(=O)C4)cc3o2)cc1OC. The van der Waals surface area contributed by atoms with Crippen LogP contribution < -0.4 is 25.0 Å². The number of piperazine rings is 1. The van der Waals surface area contributed by atoms with E-state index in [0.29, 0.717) is 36.7 Å². The molecule has 4 rings (SSSR count). The number of benzene rings is 2. The van der Waals surface area contributed by atoms with Gasteiger partial charge in [-0.2, -0.15) is 0 Å². The Morgan fingerprint density at radius 2 is 1.88 bits per heavy atom. The van der Waals surface area contributed by atoms with E-state index in [1.807, 2.05) is 4.90 Å². The van der Waals surface area contributed by atoms with Crippen LogP contribution in [0.1, 0.15) is 5.56 Å². The van der Waals surface area contributed by atoms with Crippen molar-refractivity contribution in [3.63, 3.8) is 0 Å². The van der Waals surface area contributed by atoms with Gasteiger partial charge in [0.2, 0.25) is 5.91 Å². The van der Waals surface area contributed by atoms with E-state index in [1.165, 1.54) is 26.4 Å². The quantitative estimate of drug-likeness (QED) is 0.448. The van der Waals surface area contributed by atoms with Crippen LogP contribution in [0.4, 0.5) is 0 Å². The van der Waals surface area contributed by atoms with Crippen LogP contribution in [0.2, 0.25) is 0 Å². The average molecular weight is 470 g/mol. The lowest BCUT2D eigenvalue weighted by Gasteiger charge is -2.26. The van der Waals surface area contributed by atoms with Gasteiger partial charge < -0.3 is 34.2 Å². The Labute approximate surface area is 195 Å². The molecule has 10 heteroatoms. The molecule has 1 aliphatic rings. The van der Waals surface area contributed by atoms with Crippen LogP contribution in [0.5, 0.6) is 23.0 Å². The Balaban J connectivity index is 1.67. The van der Waals surface area contributed by atoms with Crippen LogP contribution in [-0.4, -0.2) is 68.0 Å². The first-order chi connectivity index (χ1) is 16.4. The summed E-state index contributed by atoms with van der Waals surface area (Å²) in [5, 5.41) is 23.2. The molecule has 0 saturated carbocycles. The predicted octanol–water partition coefficient (Wildman–Crippen LogP) is 1.49. The van der Waals surface area contributed by atoms with E-state index < -0.39 is 12.0 Å². The lowest BCUT2D eigenvalue weighted by atomic mass is 10.1. The maximum atomic E-state index is 12.9. The van der Waals surface area contributed by atoms with Gasteiger partial charge in [0.05, 0.1) is 32.9 Å². The van der Waals surface area contributed by atoms with Crippen molar-refractivity contribution in [2.24, 2.45) is 0 Å². The summed E-state index contributed by atoms with van der Waals surface area (Å²) in [5.41, 5.74) is 0.312. The van der Waals surface area contributed by atoms with Gasteiger partial charge in [0, 0.05) is 37.3 Å². The highest BCUT2D eigenvalue weighted by Gasteiger charge is 2.20. The van der Waals surface area contributed by atoms with Gasteiger partial charge in [0.15, 0.2) is 16.9 Å². The molecule has 1 aliphatic heterocycles. The number of rotatable bonds is 8. The summed E-state index contributed by atoms with van der Waals surface area (Å²) in [6.07, 6.45) is 0. The minimum absolute atomic E-state index is 0.0462. The van der Waals surface area contributed by atoms with Crippen molar-refractivity contribution in [3.05, 3.63) is 46.1 Å². The van der Waals surface area contributed by atoms with Crippen LogP contribution >= 0.6 is 0 Å².